The van der Waals surface area contributed by atoms with Crippen molar-refractivity contribution in [2.45, 2.75) is 32.9 Å². The van der Waals surface area contributed by atoms with Gasteiger partial charge in [-0.2, -0.15) is 0 Å². The van der Waals surface area contributed by atoms with Gasteiger partial charge < -0.3 is 10.1 Å². The molecule has 1 aromatic heterocycles. The third-order valence-corrected chi connectivity index (χ3v) is 6.60. The van der Waals surface area contributed by atoms with E-state index < -0.39 is 5.82 Å². The number of piperazine rings is 1. The van der Waals surface area contributed by atoms with Crippen LogP contribution in [-0.2, 0) is 17.8 Å². The number of rotatable bonds is 10. The Balaban J connectivity index is 1.24. The van der Waals surface area contributed by atoms with Crippen LogP contribution in [0.15, 0.2) is 60.8 Å². The molecule has 0 radical (unpaired) electrons. The second-order valence-electron chi connectivity index (χ2n) is 9.60. The summed E-state index contributed by atoms with van der Waals surface area (Å²) in [4.78, 5) is 21.4. The number of nitrogens with one attached hydrogen (secondary N) is 1. The van der Waals surface area contributed by atoms with Crippen molar-refractivity contribution in [2.24, 2.45) is 0 Å². The summed E-state index contributed by atoms with van der Waals surface area (Å²) in [6.45, 7) is 10.2. The predicted molar refractivity (Wildman–Crippen MR) is 140 cm³/mol. The van der Waals surface area contributed by atoms with Gasteiger partial charge in [-0.1, -0.05) is 18.2 Å². The number of benzene rings is 2. The van der Waals surface area contributed by atoms with Gasteiger partial charge in [-0.05, 0) is 55.3 Å². The Labute approximate surface area is 217 Å². The molecule has 6 nitrogen and oxygen atoms in total. The summed E-state index contributed by atoms with van der Waals surface area (Å²) in [6.07, 6.45) is 1.70. The van der Waals surface area contributed by atoms with E-state index in [1.807, 2.05) is 0 Å². The van der Waals surface area contributed by atoms with Crippen LogP contribution in [0.25, 0.3) is 11.3 Å². The van der Waals surface area contributed by atoms with Crippen molar-refractivity contribution in [3.8, 4) is 17.0 Å². The van der Waals surface area contributed by atoms with Gasteiger partial charge in [0, 0.05) is 63.1 Å². The number of hydrogen-bond donors (Lipinski definition) is 1. The molecular formula is C29H34F2N4O2. The topological polar surface area (TPSA) is 57.7 Å². The summed E-state index contributed by atoms with van der Waals surface area (Å²) in [7, 11) is 0. The number of aromatic nitrogens is 1. The zero-order valence-corrected chi connectivity index (χ0v) is 21.4. The number of amides is 1. The SMILES string of the molecule is CC(C)N1CCN(CCOc2ccc(-c3ccc(CC(=O)NCc4cccc(F)c4)cn3)c(F)c2)CC1. The molecule has 4 rings (SSSR count). The smallest absolute Gasteiger partial charge is 0.224 e. The normalized spacial score (nSPS) is 14.6. The first-order chi connectivity index (χ1) is 17.9. The van der Waals surface area contributed by atoms with Crippen molar-refractivity contribution in [1.82, 2.24) is 20.1 Å². The first-order valence-corrected chi connectivity index (χ1v) is 12.7. The molecule has 0 saturated carbocycles. The first kappa shape index (κ1) is 26.7. The van der Waals surface area contributed by atoms with Crippen molar-refractivity contribution in [2.75, 3.05) is 39.3 Å². The zero-order chi connectivity index (χ0) is 26.2. The molecule has 3 aromatic rings. The minimum atomic E-state index is -0.406. The summed E-state index contributed by atoms with van der Waals surface area (Å²) in [6, 6.07) is 14.9. The Morgan fingerprint density at radius 3 is 2.51 bits per heavy atom. The van der Waals surface area contributed by atoms with E-state index in [0.29, 0.717) is 40.8 Å². The lowest BCUT2D eigenvalue weighted by atomic mass is 10.1. The quantitative estimate of drug-likeness (QED) is 0.443. The number of hydrogen-bond acceptors (Lipinski definition) is 5. The van der Waals surface area contributed by atoms with Gasteiger partial charge in [0.15, 0.2) is 0 Å². The van der Waals surface area contributed by atoms with E-state index in [1.165, 1.54) is 18.2 Å². The summed E-state index contributed by atoms with van der Waals surface area (Å²) in [5.74, 6) is -0.452. The molecular weight excluding hydrogens is 474 g/mol. The Hall–Kier alpha value is -3.36. The van der Waals surface area contributed by atoms with Gasteiger partial charge in [0.05, 0.1) is 12.1 Å². The number of carbonyl (C=O) groups excluding carboxylic acids is 1. The van der Waals surface area contributed by atoms with E-state index in [4.69, 9.17) is 4.74 Å². The van der Waals surface area contributed by atoms with Crippen molar-refractivity contribution in [3.63, 3.8) is 0 Å². The van der Waals surface area contributed by atoms with Crippen molar-refractivity contribution in [3.05, 3.63) is 83.6 Å². The van der Waals surface area contributed by atoms with Crippen LogP contribution in [0.4, 0.5) is 8.78 Å². The van der Waals surface area contributed by atoms with Gasteiger partial charge in [0.2, 0.25) is 5.91 Å². The van der Waals surface area contributed by atoms with Crippen molar-refractivity contribution in [1.29, 1.82) is 0 Å². The van der Waals surface area contributed by atoms with Gasteiger partial charge in [-0.3, -0.25) is 19.6 Å². The highest BCUT2D eigenvalue weighted by Crippen LogP contribution is 2.25. The Morgan fingerprint density at radius 1 is 1.03 bits per heavy atom. The molecule has 1 saturated heterocycles. The molecule has 1 N–H and O–H groups in total. The third-order valence-electron chi connectivity index (χ3n) is 6.60. The molecule has 0 aliphatic carbocycles. The van der Waals surface area contributed by atoms with Gasteiger partial charge >= 0.3 is 0 Å². The average molecular weight is 509 g/mol. The van der Waals surface area contributed by atoms with Gasteiger partial charge in [-0.25, -0.2) is 8.78 Å². The number of pyridine rings is 1. The monoisotopic (exact) mass is 508 g/mol. The predicted octanol–water partition coefficient (Wildman–Crippen LogP) is 4.29. The Kier molecular flexibility index (Phi) is 9.19. The van der Waals surface area contributed by atoms with Crippen molar-refractivity contribution < 1.29 is 18.3 Å². The molecule has 8 heteroatoms. The summed E-state index contributed by atoms with van der Waals surface area (Å²) in [5, 5.41) is 2.77. The van der Waals surface area contributed by atoms with E-state index in [1.54, 1.807) is 42.6 Å². The molecule has 0 bridgehead atoms. The fourth-order valence-electron chi connectivity index (χ4n) is 4.37. The summed E-state index contributed by atoms with van der Waals surface area (Å²) < 4.78 is 33.9. The van der Waals surface area contributed by atoms with E-state index in [-0.39, 0.29) is 24.7 Å². The van der Waals surface area contributed by atoms with E-state index >= 15 is 0 Å². The molecule has 37 heavy (non-hydrogen) atoms. The Bertz CT molecular complexity index is 1180. The molecule has 2 aromatic carbocycles. The van der Waals surface area contributed by atoms with E-state index in [0.717, 1.165) is 32.7 Å². The molecule has 1 aliphatic heterocycles. The van der Waals surface area contributed by atoms with Gasteiger partial charge in [0.25, 0.3) is 0 Å². The van der Waals surface area contributed by atoms with Crippen LogP contribution in [0.1, 0.15) is 25.0 Å². The van der Waals surface area contributed by atoms with Crippen LogP contribution in [0.3, 0.4) is 0 Å². The lowest BCUT2D eigenvalue weighted by Gasteiger charge is -2.36. The maximum atomic E-state index is 14.8. The third kappa shape index (κ3) is 7.81. The average Bonchev–Trinajstić information content (AvgIpc) is 2.89. The van der Waals surface area contributed by atoms with Crippen LogP contribution in [0, 0.1) is 11.6 Å². The van der Waals surface area contributed by atoms with Crippen LogP contribution in [0.2, 0.25) is 0 Å². The standard InChI is InChI=1S/C29H34F2N4O2/c1-21(2)35-12-10-34(11-13-35)14-15-37-25-7-8-26(27(31)18-25)28-9-6-23(19-32-28)17-29(36)33-20-22-4-3-5-24(30)16-22/h3-9,16,18-19,21H,10-15,17,20H2,1-2H3,(H,33,36). The highest BCUT2D eigenvalue weighted by Gasteiger charge is 2.18. The zero-order valence-electron chi connectivity index (χ0n) is 21.4. The summed E-state index contributed by atoms with van der Waals surface area (Å²) in [5.41, 5.74) is 2.25. The summed E-state index contributed by atoms with van der Waals surface area (Å²) >= 11 is 0. The van der Waals surface area contributed by atoms with Crippen LogP contribution >= 0.6 is 0 Å². The number of carbonyl (C=O) groups is 1. The largest absolute Gasteiger partial charge is 0.492 e. The van der Waals surface area contributed by atoms with Crippen LogP contribution < -0.4 is 10.1 Å². The highest BCUT2D eigenvalue weighted by atomic mass is 19.1. The van der Waals surface area contributed by atoms with E-state index in [2.05, 4.69) is 33.9 Å². The number of nitrogens with zero attached hydrogens (tertiary/aromatic N) is 3. The van der Waals surface area contributed by atoms with Gasteiger partial charge in [-0.15, -0.1) is 0 Å². The minimum absolute atomic E-state index is 0.129. The minimum Gasteiger partial charge on any atom is -0.492 e. The fraction of sp³-hybridized carbons (Fsp3) is 0.379. The van der Waals surface area contributed by atoms with Gasteiger partial charge in [0.1, 0.15) is 24.0 Å². The second-order valence-corrected chi connectivity index (χ2v) is 9.60. The number of ether oxygens (including phenoxy) is 1. The molecule has 0 spiro atoms. The molecule has 1 fully saturated rings. The lowest BCUT2D eigenvalue weighted by Crippen LogP contribution is -2.49. The second kappa shape index (κ2) is 12.7. The molecule has 196 valence electrons. The van der Waals surface area contributed by atoms with Crippen LogP contribution in [0.5, 0.6) is 5.75 Å². The molecule has 2 heterocycles. The first-order valence-electron chi connectivity index (χ1n) is 12.7. The highest BCUT2D eigenvalue weighted by molar-refractivity contribution is 5.78. The van der Waals surface area contributed by atoms with Crippen LogP contribution in [-0.4, -0.2) is 66.1 Å². The Morgan fingerprint density at radius 2 is 1.84 bits per heavy atom. The number of halogens is 2. The molecule has 0 unspecified atom stereocenters. The maximum absolute atomic E-state index is 14.8. The van der Waals surface area contributed by atoms with Crippen molar-refractivity contribution >= 4 is 5.91 Å². The fourth-order valence-corrected chi connectivity index (χ4v) is 4.37. The molecule has 0 atom stereocenters. The molecule has 1 amide bonds. The van der Waals surface area contributed by atoms with E-state index in [9.17, 15) is 13.6 Å². The lowest BCUT2D eigenvalue weighted by molar-refractivity contribution is -0.120. The molecule has 1 aliphatic rings. The maximum Gasteiger partial charge on any atom is 0.224 e.